The lowest BCUT2D eigenvalue weighted by Gasteiger charge is -2.09. The van der Waals surface area contributed by atoms with Crippen molar-refractivity contribution >= 4 is 57.8 Å². The number of phenols is 1. The average Bonchev–Trinajstić information content (AvgIpc) is 2.40. The Hall–Kier alpha value is -1.13. The van der Waals surface area contributed by atoms with Crippen molar-refractivity contribution in [2.24, 2.45) is 5.10 Å². The van der Waals surface area contributed by atoms with Crippen LogP contribution in [-0.4, -0.2) is 10.8 Å². The fourth-order valence-electron chi connectivity index (χ4n) is 1.65. The second-order valence-electron chi connectivity index (χ2n) is 4.21. The number of halogens is 4. The SMILES string of the molecule is CC(=NNc1c(Cl)cc(Cl)cc1Cl)c1cc(Cl)ccc1O. The van der Waals surface area contributed by atoms with Gasteiger partial charge in [0.25, 0.3) is 0 Å². The van der Waals surface area contributed by atoms with Gasteiger partial charge in [-0.1, -0.05) is 46.4 Å². The van der Waals surface area contributed by atoms with Crippen LogP contribution < -0.4 is 5.43 Å². The first-order valence-corrected chi connectivity index (χ1v) is 7.33. The molecular formula is C14H10Cl4N2O. The molecule has 0 aliphatic rings. The van der Waals surface area contributed by atoms with Crippen molar-refractivity contribution in [2.45, 2.75) is 6.92 Å². The Morgan fingerprint density at radius 1 is 1.00 bits per heavy atom. The minimum atomic E-state index is 0.0794. The molecule has 0 saturated heterocycles. The van der Waals surface area contributed by atoms with E-state index in [0.29, 0.717) is 37.1 Å². The van der Waals surface area contributed by atoms with Gasteiger partial charge in [0, 0.05) is 15.6 Å². The molecule has 0 fully saturated rings. The molecule has 21 heavy (non-hydrogen) atoms. The van der Waals surface area contributed by atoms with Crippen molar-refractivity contribution in [3.63, 3.8) is 0 Å². The number of aromatic hydroxyl groups is 1. The van der Waals surface area contributed by atoms with Crippen molar-refractivity contribution in [1.29, 1.82) is 0 Å². The topological polar surface area (TPSA) is 44.6 Å². The molecule has 0 atom stereocenters. The number of nitrogens with zero attached hydrogens (tertiary/aromatic N) is 1. The molecule has 3 nitrogen and oxygen atoms in total. The van der Waals surface area contributed by atoms with E-state index in [4.69, 9.17) is 46.4 Å². The molecule has 0 heterocycles. The van der Waals surface area contributed by atoms with Crippen molar-refractivity contribution in [3.8, 4) is 5.75 Å². The van der Waals surface area contributed by atoms with Crippen LogP contribution in [0.3, 0.4) is 0 Å². The van der Waals surface area contributed by atoms with E-state index in [1.165, 1.54) is 6.07 Å². The molecule has 0 unspecified atom stereocenters. The van der Waals surface area contributed by atoms with Gasteiger partial charge in [0.1, 0.15) is 5.75 Å². The zero-order valence-electron chi connectivity index (χ0n) is 10.8. The first-order valence-electron chi connectivity index (χ1n) is 5.82. The van der Waals surface area contributed by atoms with Crippen molar-refractivity contribution in [2.75, 3.05) is 5.43 Å². The molecule has 0 bridgehead atoms. The summed E-state index contributed by atoms with van der Waals surface area (Å²) in [6, 6.07) is 7.81. The van der Waals surface area contributed by atoms with Gasteiger partial charge in [-0.05, 0) is 37.3 Å². The van der Waals surface area contributed by atoms with E-state index in [9.17, 15) is 5.11 Å². The number of hydrogen-bond donors (Lipinski definition) is 2. The smallest absolute Gasteiger partial charge is 0.124 e. The maximum atomic E-state index is 9.81. The minimum Gasteiger partial charge on any atom is -0.507 e. The Labute approximate surface area is 142 Å². The lowest BCUT2D eigenvalue weighted by atomic mass is 10.1. The van der Waals surface area contributed by atoms with Gasteiger partial charge < -0.3 is 5.11 Å². The third kappa shape index (κ3) is 3.95. The zero-order chi connectivity index (χ0) is 15.6. The van der Waals surface area contributed by atoms with Gasteiger partial charge in [0.15, 0.2) is 0 Å². The lowest BCUT2D eigenvalue weighted by Crippen LogP contribution is -2.01. The van der Waals surface area contributed by atoms with Gasteiger partial charge in [-0.15, -0.1) is 0 Å². The van der Waals surface area contributed by atoms with Crippen molar-refractivity contribution in [1.82, 2.24) is 0 Å². The van der Waals surface area contributed by atoms with E-state index in [1.807, 2.05) is 0 Å². The van der Waals surface area contributed by atoms with Gasteiger partial charge in [-0.2, -0.15) is 5.10 Å². The molecule has 0 radical (unpaired) electrons. The maximum Gasteiger partial charge on any atom is 0.124 e. The summed E-state index contributed by atoms with van der Waals surface area (Å²) in [6.45, 7) is 1.72. The van der Waals surface area contributed by atoms with Crippen LogP contribution in [0.2, 0.25) is 20.1 Å². The third-order valence-corrected chi connectivity index (χ3v) is 3.74. The highest BCUT2D eigenvalue weighted by atomic mass is 35.5. The quantitative estimate of drug-likeness (QED) is 0.531. The Balaban J connectivity index is 2.31. The first kappa shape index (κ1) is 16.2. The molecule has 2 rings (SSSR count). The van der Waals surface area contributed by atoms with Crippen LogP contribution in [0.5, 0.6) is 5.75 Å². The molecular weight excluding hydrogens is 354 g/mol. The predicted molar refractivity (Wildman–Crippen MR) is 90.4 cm³/mol. The van der Waals surface area contributed by atoms with Crippen LogP contribution in [0.1, 0.15) is 12.5 Å². The highest BCUT2D eigenvalue weighted by molar-refractivity contribution is 6.41. The van der Waals surface area contributed by atoms with E-state index in [-0.39, 0.29) is 5.75 Å². The molecule has 110 valence electrons. The number of nitrogens with one attached hydrogen (secondary N) is 1. The minimum absolute atomic E-state index is 0.0794. The van der Waals surface area contributed by atoms with Crippen LogP contribution in [-0.2, 0) is 0 Å². The average molecular weight is 364 g/mol. The maximum absolute atomic E-state index is 9.81. The standard InChI is InChI=1S/C14H10Cl4N2O/c1-7(10-4-8(15)2-3-13(10)21)19-20-14-11(17)5-9(16)6-12(14)18/h2-6,20-21H,1H3. The molecule has 0 aliphatic carbocycles. The molecule has 0 spiro atoms. The highest BCUT2D eigenvalue weighted by Crippen LogP contribution is 2.33. The monoisotopic (exact) mass is 362 g/mol. The van der Waals surface area contributed by atoms with Crippen LogP contribution >= 0.6 is 46.4 Å². The lowest BCUT2D eigenvalue weighted by molar-refractivity contribution is 0.474. The molecule has 0 aliphatic heterocycles. The molecule has 2 N–H and O–H groups in total. The van der Waals surface area contributed by atoms with Gasteiger partial charge in [-0.25, -0.2) is 0 Å². The second kappa shape index (κ2) is 6.75. The number of hydrogen-bond acceptors (Lipinski definition) is 3. The summed E-state index contributed by atoms with van der Waals surface area (Å²) in [5, 5.41) is 15.6. The normalized spacial score (nSPS) is 11.6. The Kier molecular flexibility index (Phi) is 5.22. The van der Waals surface area contributed by atoms with Crippen molar-refractivity contribution in [3.05, 3.63) is 56.0 Å². The van der Waals surface area contributed by atoms with E-state index in [2.05, 4.69) is 10.5 Å². The van der Waals surface area contributed by atoms with Gasteiger partial charge in [-0.3, -0.25) is 5.43 Å². The molecule has 7 heteroatoms. The summed E-state index contributed by atoms with van der Waals surface area (Å²) in [5.74, 6) is 0.0794. The van der Waals surface area contributed by atoms with Gasteiger partial charge in [0.05, 0.1) is 21.4 Å². The number of rotatable bonds is 3. The van der Waals surface area contributed by atoms with Crippen molar-refractivity contribution < 1.29 is 5.11 Å². The number of phenolic OH excluding ortho intramolecular Hbond substituents is 1. The number of benzene rings is 2. The Morgan fingerprint density at radius 3 is 2.24 bits per heavy atom. The molecule has 0 aromatic heterocycles. The summed E-state index contributed by atoms with van der Waals surface area (Å²) in [4.78, 5) is 0. The Bertz CT molecular complexity index is 693. The van der Waals surface area contributed by atoms with Crippen LogP contribution in [0.4, 0.5) is 5.69 Å². The van der Waals surface area contributed by atoms with Crippen LogP contribution in [0.25, 0.3) is 0 Å². The summed E-state index contributed by atoms with van der Waals surface area (Å²) >= 11 is 23.8. The number of anilines is 1. The van der Waals surface area contributed by atoms with E-state index >= 15 is 0 Å². The van der Waals surface area contributed by atoms with Crippen LogP contribution in [0, 0.1) is 0 Å². The fraction of sp³-hybridized carbons (Fsp3) is 0.0714. The van der Waals surface area contributed by atoms with E-state index in [1.54, 1.807) is 31.2 Å². The second-order valence-corrected chi connectivity index (χ2v) is 5.90. The number of hydrazone groups is 1. The summed E-state index contributed by atoms with van der Waals surface area (Å²) < 4.78 is 0. The van der Waals surface area contributed by atoms with Crippen LogP contribution in [0.15, 0.2) is 35.4 Å². The molecule has 0 saturated carbocycles. The molecule has 2 aromatic rings. The summed E-state index contributed by atoms with van der Waals surface area (Å²) in [6.07, 6.45) is 0. The predicted octanol–water partition coefficient (Wildman–Crippen LogP) is 5.84. The zero-order valence-corrected chi connectivity index (χ0v) is 13.8. The first-order chi connectivity index (χ1) is 9.88. The largest absolute Gasteiger partial charge is 0.507 e. The van der Waals surface area contributed by atoms with E-state index in [0.717, 1.165) is 0 Å². The summed E-state index contributed by atoms with van der Waals surface area (Å²) in [5.41, 5.74) is 4.23. The molecule has 2 aromatic carbocycles. The Morgan fingerprint density at radius 2 is 1.62 bits per heavy atom. The van der Waals surface area contributed by atoms with Gasteiger partial charge >= 0.3 is 0 Å². The highest BCUT2D eigenvalue weighted by Gasteiger charge is 2.09. The summed E-state index contributed by atoms with van der Waals surface area (Å²) in [7, 11) is 0. The fourth-order valence-corrected chi connectivity index (χ4v) is 2.72. The molecule has 0 amide bonds. The van der Waals surface area contributed by atoms with E-state index < -0.39 is 0 Å². The third-order valence-electron chi connectivity index (χ3n) is 2.69. The van der Waals surface area contributed by atoms with Gasteiger partial charge in [0.2, 0.25) is 0 Å².